The Balaban J connectivity index is 2.32. The van der Waals surface area contributed by atoms with Crippen LogP contribution in [0.25, 0.3) is 0 Å². The van der Waals surface area contributed by atoms with E-state index < -0.39 is 22.9 Å². The van der Waals surface area contributed by atoms with E-state index in [2.05, 4.69) is 4.98 Å². The largest absolute Gasteiger partial charge is 0.433 e. The standard InChI is InChI=1S/C15H11ClF3NO/c1-9(10-5-3-2-4-6-10)13(21)11-7-8-12(15(17,18)19)20-14(11)16/h2-9H,1H3. The first-order chi connectivity index (χ1) is 9.80. The second-order valence-electron chi connectivity index (χ2n) is 4.53. The van der Waals surface area contributed by atoms with Crippen LogP contribution >= 0.6 is 11.6 Å². The number of rotatable bonds is 3. The number of pyridine rings is 1. The van der Waals surface area contributed by atoms with Crippen molar-refractivity contribution in [1.29, 1.82) is 0 Å². The van der Waals surface area contributed by atoms with E-state index in [0.717, 1.165) is 17.7 Å². The number of hydrogen-bond acceptors (Lipinski definition) is 2. The van der Waals surface area contributed by atoms with Crippen LogP contribution in [-0.2, 0) is 6.18 Å². The van der Waals surface area contributed by atoms with E-state index in [1.165, 1.54) is 0 Å². The molecule has 1 aromatic carbocycles. The van der Waals surface area contributed by atoms with Gasteiger partial charge in [0, 0.05) is 5.92 Å². The Morgan fingerprint density at radius 1 is 1.14 bits per heavy atom. The number of benzene rings is 1. The van der Waals surface area contributed by atoms with Gasteiger partial charge in [-0.1, -0.05) is 48.9 Å². The first-order valence-corrected chi connectivity index (χ1v) is 6.51. The molecule has 1 atom stereocenters. The molecule has 1 heterocycles. The number of carbonyl (C=O) groups excluding carboxylic acids is 1. The highest BCUT2D eigenvalue weighted by Gasteiger charge is 2.33. The van der Waals surface area contributed by atoms with Crippen LogP contribution in [0.15, 0.2) is 42.5 Å². The van der Waals surface area contributed by atoms with Gasteiger partial charge < -0.3 is 0 Å². The highest BCUT2D eigenvalue weighted by atomic mass is 35.5. The van der Waals surface area contributed by atoms with E-state index in [1.54, 1.807) is 31.2 Å². The zero-order valence-corrected chi connectivity index (χ0v) is 11.7. The molecule has 0 bridgehead atoms. The van der Waals surface area contributed by atoms with Crippen LogP contribution in [0.4, 0.5) is 13.2 Å². The van der Waals surface area contributed by atoms with Crippen LogP contribution in [0.1, 0.15) is 34.5 Å². The second-order valence-corrected chi connectivity index (χ2v) is 4.89. The number of halogens is 4. The van der Waals surface area contributed by atoms with Crippen LogP contribution in [0, 0.1) is 0 Å². The molecule has 0 amide bonds. The SMILES string of the molecule is CC(C(=O)c1ccc(C(F)(F)F)nc1Cl)c1ccccc1. The van der Waals surface area contributed by atoms with Gasteiger partial charge in [0.25, 0.3) is 0 Å². The quantitative estimate of drug-likeness (QED) is 0.605. The van der Waals surface area contributed by atoms with Gasteiger partial charge in [0.15, 0.2) is 5.78 Å². The van der Waals surface area contributed by atoms with Gasteiger partial charge in [-0.25, -0.2) is 4.98 Å². The minimum Gasteiger partial charge on any atom is -0.293 e. The molecule has 0 saturated carbocycles. The maximum atomic E-state index is 12.5. The summed E-state index contributed by atoms with van der Waals surface area (Å²) in [5.41, 5.74) is -0.365. The molecule has 0 fully saturated rings. The van der Waals surface area contributed by atoms with Crippen LogP contribution < -0.4 is 0 Å². The van der Waals surface area contributed by atoms with E-state index >= 15 is 0 Å². The highest BCUT2D eigenvalue weighted by Crippen LogP contribution is 2.31. The Labute approximate surface area is 124 Å². The van der Waals surface area contributed by atoms with E-state index in [-0.39, 0.29) is 11.3 Å². The van der Waals surface area contributed by atoms with Crippen molar-refractivity contribution in [1.82, 2.24) is 4.98 Å². The number of nitrogens with zero attached hydrogens (tertiary/aromatic N) is 1. The third kappa shape index (κ3) is 3.42. The van der Waals surface area contributed by atoms with Crippen LogP contribution in [0.3, 0.4) is 0 Å². The van der Waals surface area contributed by atoms with E-state index in [9.17, 15) is 18.0 Å². The molecular weight excluding hydrogens is 303 g/mol. The molecule has 2 rings (SSSR count). The molecule has 0 spiro atoms. The molecule has 0 N–H and O–H groups in total. The van der Waals surface area contributed by atoms with Crippen LogP contribution in [-0.4, -0.2) is 10.8 Å². The lowest BCUT2D eigenvalue weighted by Gasteiger charge is -2.13. The lowest BCUT2D eigenvalue weighted by molar-refractivity contribution is -0.141. The molecule has 0 aliphatic carbocycles. The minimum absolute atomic E-state index is 0.0129. The van der Waals surface area contributed by atoms with Crippen molar-refractivity contribution in [2.75, 3.05) is 0 Å². The summed E-state index contributed by atoms with van der Waals surface area (Å²) >= 11 is 5.73. The summed E-state index contributed by atoms with van der Waals surface area (Å²) in [5.74, 6) is -0.880. The molecule has 0 aliphatic heterocycles. The second kappa shape index (κ2) is 5.85. The van der Waals surface area contributed by atoms with Crippen molar-refractivity contribution in [3.05, 3.63) is 64.4 Å². The zero-order valence-electron chi connectivity index (χ0n) is 11.0. The van der Waals surface area contributed by atoms with Gasteiger partial charge in [0.1, 0.15) is 10.8 Å². The normalized spacial score (nSPS) is 13.0. The summed E-state index contributed by atoms with van der Waals surface area (Å²) in [6, 6.07) is 10.8. The van der Waals surface area contributed by atoms with Crippen molar-refractivity contribution in [2.24, 2.45) is 0 Å². The van der Waals surface area contributed by atoms with Crippen molar-refractivity contribution in [3.8, 4) is 0 Å². The Morgan fingerprint density at radius 2 is 1.76 bits per heavy atom. The number of carbonyl (C=O) groups is 1. The van der Waals surface area contributed by atoms with E-state index in [0.29, 0.717) is 0 Å². The van der Waals surface area contributed by atoms with Gasteiger partial charge in [-0.05, 0) is 17.7 Å². The molecule has 110 valence electrons. The molecule has 21 heavy (non-hydrogen) atoms. The van der Waals surface area contributed by atoms with Crippen LogP contribution in [0.2, 0.25) is 5.15 Å². The molecule has 1 aromatic heterocycles. The number of alkyl halides is 3. The van der Waals surface area contributed by atoms with Gasteiger partial charge in [-0.2, -0.15) is 13.2 Å². The lowest BCUT2D eigenvalue weighted by Crippen LogP contribution is -2.13. The fraction of sp³-hybridized carbons (Fsp3) is 0.200. The van der Waals surface area contributed by atoms with Gasteiger partial charge in [0.2, 0.25) is 0 Å². The maximum Gasteiger partial charge on any atom is 0.433 e. The molecule has 0 saturated heterocycles. The Morgan fingerprint density at radius 3 is 2.29 bits per heavy atom. The zero-order chi connectivity index (χ0) is 15.6. The highest BCUT2D eigenvalue weighted by molar-refractivity contribution is 6.33. The van der Waals surface area contributed by atoms with E-state index in [4.69, 9.17) is 11.6 Å². The minimum atomic E-state index is -4.59. The summed E-state index contributed by atoms with van der Waals surface area (Å²) in [5, 5.41) is -0.433. The lowest BCUT2D eigenvalue weighted by atomic mass is 9.93. The summed E-state index contributed by atoms with van der Waals surface area (Å²) in [6.45, 7) is 1.67. The monoisotopic (exact) mass is 313 g/mol. The van der Waals surface area contributed by atoms with Crippen LogP contribution in [0.5, 0.6) is 0 Å². The Bertz CT molecular complexity index is 656. The fourth-order valence-electron chi connectivity index (χ4n) is 1.90. The Hall–Kier alpha value is -1.88. The van der Waals surface area contributed by atoms with Gasteiger partial charge in [0.05, 0.1) is 5.56 Å². The summed E-state index contributed by atoms with van der Waals surface area (Å²) in [4.78, 5) is 15.6. The van der Waals surface area contributed by atoms with Crippen molar-refractivity contribution < 1.29 is 18.0 Å². The molecule has 0 aliphatic rings. The van der Waals surface area contributed by atoms with Gasteiger partial charge >= 0.3 is 6.18 Å². The Kier molecular flexibility index (Phi) is 4.32. The molecular formula is C15H11ClF3NO. The molecule has 1 unspecified atom stereocenters. The molecule has 2 nitrogen and oxygen atoms in total. The first-order valence-electron chi connectivity index (χ1n) is 6.13. The fourth-order valence-corrected chi connectivity index (χ4v) is 2.15. The summed E-state index contributed by atoms with van der Waals surface area (Å²) in [7, 11) is 0. The third-order valence-electron chi connectivity index (χ3n) is 3.10. The first kappa shape index (κ1) is 15.5. The predicted molar refractivity (Wildman–Crippen MR) is 73.4 cm³/mol. The van der Waals surface area contributed by atoms with Gasteiger partial charge in [-0.15, -0.1) is 0 Å². The topological polar surface area (TPSA) is 30.0 Å². The van der Waals surface area contributed by atoms with Crippen molar-refractivity contribution in [2.45, 2.75) is 19.0 Å². The van der Waals surface area contributed by atoms with E-state index in [1.807, 2.05) is 6.07 Å². The molecule has 6 heteroatoms. The average Bonchev–Trinajstić information content (AvgIpc) is 2.45. The third-order valence-corrected chi connectivity index (χ3v) is 3.39. The number of aromatic nitrogens is 1. The summed E-state index contributed by atoms with van der Waals surface area (Å²) < 4.78 is 37.6. The average molecular weight is 314 g/mol. The number of hydrogen-bond donors (Lipinski definition) is 0. The predicted octanol–water partition coefficient (Wildman–Crippen LogP) is 4.74. The van der Waals surface area contributed by atoms with Crippen molar-refractivity contribution >= 4 is 17.4 Å². The van der Waals surface area contributed by atoms with Gasteiger partial charge in [-0.3, -0.25) is 4.79 Å². The molecule has 0 radical (unpaired) electrons. The number of Topliss-reactive ketones (excluding diaryl/α,β-unsaturated/α-hetero) is 1. The summed E-state index contributed by atoms with van der Waals surface area (Å²) in [6.07, 6.45) is -4.59. The number of ketones is 1. The smallest absolute Gasteiger partial charge is 0.293 e. The maximum absolute atomic E-state index is 12.5. The molecule has 2 aromatic rings. The van der Waals surface area contributed by atoms with Crippen molar-refractivity contribution in [3.63, 3.8) is 0 Å².